The highest BCUT2D eigenvalue weighted by Crippen LogP contribution is 2.16. The number of sulfone groups is 1. The highest BCUT2D eigenvalue weighted by molar-refractivity contribution is 7.91. The van der Waals surface area contributed by atoms with Crippen molar-refractivity contribution in [3.8, 4) is 0 Å². The number of aromatic amines is 1. The quantitative estimate of drug-likeness (QED) is 0.855. The molecular formula is C14H13ClN2O4S. The summed E-state index contributed by atoms with van der Waals surface area (Å²) < 4.78 is 22.8. The van der Waals surface area contributed by atoms with Crippen LogP contribution in [0.25, 0.3) is 10.9 Å². The highest BCUT2D eigenvalue weighted by Gasteiger charge is 2.29. The van der Waals surface area contributed by atoms with Crippen molar-refractivity contribution >= 4 is 38.2 Å². The summed E-state index contributed by atoms with van der Waals surface area (Å²) >= 11 is 5.86. The predicted molar refractivity (Wildman–Crippen MR) is 84.1 cm³/mol. The van der Waals surface area contributed by atoms with Gasteiger partial charge in [-0.25, -0.2) is 8.42 Å². The smallest absolute Gasteiger partial charge is 0.257 e. The van der Waals surface area contributed by atoms with Gasteiger partial charge in [0.1, 0.15) is 5.56 Å². The lowest BCUT2D eigenvalue weighted by Crippen LogP contribution is -2.38. The van der Waals surface area contributed by atoms with Crippen molar-refractivity contribution in [3.63, 3.8) is 0 Å². The van der Waals surface area contributed by atoms with Crippen molar-refractivity contribution in [1.29, 1.82) is 0 Å². The number of halogens is 1. The Morgan fingerprint density at radius 3 is 2.82 bits per heavy atom. The molecule has 3 rings (SSSR count). The number of hydrogen-bond donors (Lipinski definition) is 2. The molecule has 0 bridgehead atoms. The third kappa shape index (κ3) is 2.86. The molecule has 6 nitrogen and oxygen atoms in total. The van der Waals surface area contributed by atoms with Crippen molar-refractivity contribution in [2.24, 2.45) is 0 Å². The molecule has 0 aliphatic carbocycles. The van der Waals surface area contributed by atoms with Crippen LogP contribution in [0.3, 0.4) is 0 Å². The normalized spacial score (nSPS) is 20.1. The zero-order valence-corrected chi connectivity index (χ0v) is 13.0. The lowest BCUT2D eigenvalue weighted by Gasteiger charge is -2.10. The minimum absolute atomic E-state index is 0.0425. The van der Waals surface area contributed by atoms with E-state index in [0.29, 0.717) is 22.3 Å². The van der Waals surface area contributed by atoms with Gasteiger partial charge in [-0.3, -0.25) is 9.59 Å². The van der Waals surface area contributed by atoms with E-state index >= 15 is 0 Å². The van der Waals surface area contributed by atoms with Crippen LogP contribution in [0.5, 0.6) is 0 Å². The fourth-order valence-corrected chi connectivity index (χ4v) is 4.38. The van der Waals surface area contributed by atoms with E-state index in [2.05, 4.69) is 10.3 Å². The van der Waals surface area contributed by atoms with Crippen molar-refractivity contribution in [1.82, 2.24) is 10.3 Å². The molecule has 1 amide bonds. The monoisotopic (exact) mass is 340 g/mol. The standard InChI is InChI=1S/C14H13ClN2O4S/c15-8-1-2-10-12(5-8)16-6-11(13(10)18)14(19)17-9-3-4-22(20,21)7-9/h1-2,5-6,9H,3-4,7H2,(H,16,18)(H,17,19)/t9-/m0/s1. The van der Waals surface area contributed by atoms with Crippen LogP contribution in [0.1, 0.15) is 16.8 Å². The van der Waals surface area contributed by atoms with Gasteiger partial charge < -0.3 is 10.3 Å². The molecule has 1 aromatic carbocycles. The summed E-state index contributed by atoms with van der Waals surface area (Å²) in [5, 5.41) is 3.44. The summed E-state index contributed by atoms with van der Waals surface area (Å²) in [4.78, 5) is 27.4. The fourth-order valence-electron chi connectivity index (χ4n) is 2.54. The van der Waals surface area contributed by atoms with Crippen LogP contribution in [-0.2, 0) is 9.84 Å². The Kier molecular flexibility index (Phi) is 3.70. The molecule has 2 aromatic rings. The zero-order valence-electron chi connectivity index (χ0n) is 11.4. The summed E-state index contributed by atoms with van der Waals surface area (Å²) in [6.07, 6.45) is 1.69. The van der Waals surface area contributed by atoms with Gasteiger partial charge in [-0.05, 0) is 24.6 Å². The van der Waals surface area contributed by atoms with Crippen molar-refractivity contribution in [3.05, 3.63) is 45.2 Å². The van der Waals surface area contributed by atoms with E-state index in [1.165, 1.54) is 6.20 Å². The number of benzene rings is 1. The average Bonchev–Trinajstić information content (AvgIpc) is 2.77. The van der Waals surface area contributed by atoms with Crippen LogP contribution in [0.4, 0.5) is 0 Å². The maximum Gasteiger partial charge on any atom is 0.257 e. The summed E-state index contributed by atoms with van der Waals surface area (Å²) in [6, 6.07) is 4.28. The van der Waals surface area contributed by atoms with E-state index in [1.807, 2.05) is 0 Å². The second-order valence-electron chi connectivity index (χ2n) is 5.29. The molecule has 0 spiro atoms. The highest BCUT2D eigenvalue weighted by atomic mass is 35.5. The first-order valence-electron chi connectivity index (χ1n) is 6.68. The van der Waals surface area contributed by atoms with Crippen molar-refractivity contribution < 1.29 is 13.2 Å². The predicted octanol–water partition coefficient (Wildman–Crippen LogP) is 1.10. The van der Waals surface area contributed by atoms with E-state index in [9.17, 15) is 18.0 Å². The first kappa shape index (κ1) is 15.1. The Hall–Kier alpha value is -1.86. The van der Waals surface area contributed by atoms with Gasteiger partial charge in [0.05, 0.1) is 17.0 Å². The summed E-state index contributed by atoms with van der Waals surface area (Å²) in [5.74, 6) is -0.593. The van der Waals surface area contributed by atoms with Gasteiger partial charge in [-0.1, -0.05) is 11.6 Å². The number of fused-ring (bicyclic) bond motifs is 1. The third-order valence-electron chi connectivity index (χ3n) is 3.66. The van der Waals surface area contributed by atoms with Crippen LogP contribution in [0.15, 0.2) is 29.2 Å². The number of amides is 1. The number of hydrogen-bond acceptors (Lipinski definition) is 4. The number of carbonyl (C=O) groups excluding carboxylic acids is 1. The Morgan fingerprint density at radius 1 is 1.36 bits per heavy atom. The van der Waals surface area contributed by atoms with Crippen LogP contribution in [-0.4, -0.2) is 36.9 Å². The number of pyridine rings is 1. The molecule has 2 N–H and O–H groups in total. The van der Waals surface area contributed by atoms with Gasteiger partial charge in [0, 0.05) is 22.6 Å². The molecule has 8 heteroatoms. The largest absolute Gasteiger partial charge is 0.360 e. The van der Waals surface area contributed by atoms with Crippen LogP contribution in [0, 0.1) is 0 Å². The lowest BCUT2D eigenvalue weighted by molar-refractivity contribution is 0.0940. The molecule has 0 saturated carbocycles. The van der Waals surface area contributed by atoms with E-state index in [4.69, 9.17) is 11.6 Å². The number of rotatable bonds is 2. The van der Waals surface area contributed by atoms with Crippen molar-refractivity contribution in [2.75, 3.05) is 11.5 Å². The van der Waals surface area contributed by atoms with Gasteiger partial charge in [0.25, 0.3) is 5.91 Å². The fraction of sp³-hybridized carbons (Fsp3) is 0.286. The molecule has 116 valence electrons. The second-order valence-corrected chi connectivity index (χ2v) is 7.96. The number of H-pyrrole nitrogens is 1. The Balaban J connectivity index is 1.90. The molecule has 1 aliphatic rings. The van der Waals surface area contributed by atoms with Gasteiger partial charge in [0.2, 0.25) is 5.43 Å². The Morgan fingerprint density at radius 2 is 2.14 bits per heavy atom. The lowest BCUT2D eigenvalue weighted by atomic mass is 10.1. The zero-order chi connectivity index (χ0) is 15.9. The van der Waals surface area contributed by atoms with Gasteiger partial charge in [0.15, 0.2) is 9.84 Å². The molecule has 0 unspecified atom stereocenters. The number of nitrogens with one attached hydrogen (secondary N) is 2. The molecule has 0 radical (unpaired) electrons. The molecule has 1 saturated heterocycles. The van der Waals surface area contributed by atoms with Crippen LogP contribution < -0.4 is 10.7 Å². The Labute approximate surface area is 131 Å². The number of aromatic nitrogens is 1. The molecule has 22 heavy (non-hydrogen) atoms. The Bertz CT molecular complexity index is 920. The number of carbonyl (C=O) groups is 1. The van der Waals surface area contributed by atoms with E-state index in [-0.39, 0.29) is 17.1 Å². The SMILES string of the molecule is O=C(N[C@H]1CCS(=O)(=O)C1)c1c[nH]c2cc(Cl)ccc2c1=O. The molecule has 1 aromatic heterocycles. The van der Waals surface area contributed by atoms with Crippen LogP contribution >= 0.6 is 11.6 Å². The average molecular weight is 341 g/mol. The summed E-state index contributed by atoms with van der Waals surface area (Å²) in [7, 11) is -3.09. The van der Waals surface area contributed by atoms with Crippen LogP contribution in [0.2, 0.25) is 5.02 Å². The minimum atomic E-state index is -3.09. The molecule has 2 heterocycles. The molecule has 1 atom stereocenters. The van der Waals surface area contributed by atoms with E-state index in [1.54, 1.807) is 18.2 Å². The van der Waals surface area contributed by atoms with E-state index < -0.39 is 27.2 Å². The molecular weight excluding hydrogens is 328 g/mol. The minimum Gasteiger partial charge on any atom is -0.360 e. The summed E-state index contributed by atoms with van der Waals surface area (Å²) in [6.45, 7) is 0. The first-order chi connectivity index (χ1) is 10.4. The molecule has 1 fully saturated rings. The van der Waals surface area contributed by atoms with Gasteiger partial charge >= 0.3 is 0 Å². The first-order valence-corrected chi connectivity index (χ1v) is 8.88. The maximum atomic E-state index is 12.3. The topological polar surface area (TPSA) is 96.1 Å². The molecule has 1 aliphatic heterocycles. The van der Waals surface area contributed by atoms with E-state index in [0.717, 1.165) is 0 Å². The maximum absolute atomic E-state index is 12.3. The second kappa shape index (κ2) is 5.40. The van der Waals surface area contributed by atoms with Gasteiger partial charge in [-0.15, -0.1) is 0 Å². The van der Waals surface area contributed by atoms with Gasteiger partial charge in [-0.2, -0.15) is 0 Å². The third-order valence-corrected chi connectivity index (χ3v) is 5.66. The van der Waals surface area contributed by atoms with Crippen molar-refractivity contribution in [2.45, 2.75) is 12.5 Å². The summed E-state index contributed by atoms with van der Waals surface area (Å²) in [5.41, 5.74) is 0.0837.